The highest BCUT2D eigenvalue weighted by Crippen LogP contribution is 2.46. The Morgan fingerprint density at radius 1 is 1.21 bits per heavy atom. The molecular formula is C20H26F7N5O2. The maximum atomic E-state index is 15.5. The third kappa shape index (κ3) is 5.47. The van der Waals surface area contributed by atoms with Crippen LogP contribution in [0.25, 0.3) is 0 Å². The third-order valence-corrected chi connectivity index (χ3v) is 6.28. The molecule has 1 aliphatic carbocycles. The summed E-state index contributed by atoms with van der Waals surface area (Å²) in [6.45, 7) is -1.89. The first-order chi connectivity index (χ1) is 15.9. The number of allylic oxidation sites excluding steroid dienone is 1. The van der Waals surface area contributed by atoms with Crippen LogP contribution in [0.3, 0.4) is 0 Å². The first kappa shape index (κ1) is 26.2. The largest absolute Gasteiger partial charge is 0.429 e. The number of nitrogens with two attached hydrogens (primary N) is 1. The lowest BCUT2D eigenvalue weighted by Gasteiger charge is -2.44. The molecule has 0 bridgehead atoms. The van der Waals surface area contributed by atoms with Crippen LogP contribution in [0, 0.1) is 11.8 Å². The molecule has 0 radical (unpaired) electrons. The van der Waals surface area contributed by atoms with E-state index < -0.39 is 73.6 Å². The molecule has 2 aliphatic heterocycles. The lowest BCUT2D eigenvalue weighted by Crippen LogP contribution is -2.63. The molecule has 1 fully saturated rings. The molecule has 5 atom stereocenters. The molecule has 7 nitrogen and oxygen atoms in total. The van der Waals surface area contributed by atoms with Crippen LogP contribution in [0.2, 0.25) is 0 Å². The highest BCUT2D eigenvalue weighted by Gasteiger charge is 2.62. The zero-order valence-corrected chi connectivity index (χ0v) is 18.0. The van der Waals surface area contributed by atoms with E-state index in [4.69, 9.17) is 10.5 Å². The predicted octanol–water partition coefficient (Wildman–Crippen LogP) is 3.05. The molecule has 2 heterocycles. The molecule has 0 amide bonds. The number of alkyl halides is 7. The lowest BCUT2D eigenvalue weighted by molar-refractivity contribution is -0.184. The smallest absolute Gasteiger partial charge is 0.395 e. The van der Waals surface area contributed by atoms with Crippen LogP contribution in [0.1, 0.15) is 32.1 Å². The zero-order valence-electron chi connectivity index (χ0n) is 18.0. The summed E-state index contributed by atoms with van der Waals surface area (Å²) in [7, 11) is 0. The van der Waals surface area contributed by atoms with Crippen LogP contribution in [0.5, 0.6) is 0 Å². The van der Waals surface area contributed by atoms with Gasteiger partial charge in [-0.05, 0) is 19.3 Å². The van der Waals surface area contributed by atoms with E-state index in [0.29, 0.717) is 6.34 Å². The van der Waals surface area contributed by atoms with E-state index in [-0.39, 0.29) is 37.5 Å². The number of halogens is 7. The van der Waals surface area contributed by atoms with Crippen molar-refractivity contribution in [2.24, 2.45) is 32.5 Å². The Kier molecular flexibility index (Phi) is 7.78. The summed E-state index contributed by atoms with van der Waals surface area (Å²) in [4.78, 5) is 10.9. The average molecular weight is 501 g/mol. The van der Waals surface area contributed by atoms with Crippen molar-refractivity contribution in [2.75, 3.05) is 19.6 Å². The van der Waals surface area contributed by atoms with E-state index in [1.54, 1.807) is 0 Å². The fourth-order valence-corrected chi connectivity index (χ4v) is 4.27. The topological polar surface area (TPSA) is 105 Å². The van der Waals surface area contributed by atoms with E-state index >= 15 is 8.78 Å². The molecule has 4 N–H and O–H groups in total. The normalized spacial score (nSPS) is 30.6. The average Bonchev–Trinajstić information content (AvgIpc) is 2.77. The van der Waals surface area contributed by atoms with Crippen LogP contribution >= 0.6 is 0 Å². The minimum Gasteiger partial charge on any atom is -0.429 e. The van der Waals surface area contributed by atoms with Crippen molar-refractivity contribution in [2.45, 2.75) is 62.1 Å². The Bertz CT molecular complexity index is 861. The van der Waals surface area contributed by atoms with Gasteiger partial charge in [-0.3, -0.25) is 9.98 Å². The number of ether oxygens (including phenoxy) is 1. The van der Waals surface area contributed by atoms with Gasteiger partial charge in [0.25, 0.3) is 6.02 Å². The van der Waals surface area contributed by atoms with Crippen molar-refractivity contribution in [1.29, 1.82) is 0 Å². The molecule has 0 spiro atoms. The van der Waals surface area contributed by atoms with Gasteiger partial charge in [0.05, 0.1) is 37.3 Å². The SMILES string of the molecule is NC=NCC(O)(C1CCC(F)CC1F)C(F)(F)C1=NC=C(OC2=NCC(C(F)(F)F)CN2)CC1. The third-order valence-electron chi connectivity index (χ3n) is 6.28. The number of hydrogen-bond donors (Lipinski definition) is 3. The van der Waals surface area contributed by atoms with Crippen LogP contribution in [-0.2, 0) is 4.74 Å². The zero-order chi connectivity index (χ0) is 25.1. The van der Waals surface area contributed by atoms with E-state index in [2.05, 4.69) is 20.3 Å². The Labute approximate surface area is 191 Å². The van der Waals surface area contributed by atoms with Gasteiger partial charge in [-0.25, -0.2) is 13.8 Å². The van der Waals surface area contributed by atoms with E-state index in [9.17, 15) is 27.1 Å². The summed E-state index contributed by atoms with van der Waals surface area (Å²) < 4.78 is 103. The Morgan fingerprint density at radius 2 is 1.94 bits per heavy atom. The Morgan fingerprint density at radius 3 is 2.47 bits per heavy atom. The second kappa shape index (κ2) is 10.1. The van der Waals surface area contributed by atoms with E-state index in [1.807, 2.05) is 0 Å². The maximum Gasteiger partial charge on any atom is 0.395 e. The highest BCUT2D eigenvalue weighted by atomic mass is 19.4. The van der Waals surface area contributed by atoms with Gasteiger partial charge in [0, 0.05) is 25.3 Å². The van der Waals surface area contributed by atoms with Gasteiger partial charge in [-0.15, -0.1) is 0 Å². The molecule has 5 unspecified atom stereocenters. The van der Waals surface area contributed by atoms with Crippen molar-refractivity contribution < 1.29 is 40.6 Å². The van der Waals surface area contributed by atoms with Crippen LogP contribution in [0.4, 0.5) is 30.7 Å². The van der Waals surface area contributed by atoms with E-state index in [1.165, 1.54) is 0 Å². The molecule has 0 aromatic carbocycles. The summed E-state index contributed by atoms with van der Waals surface area (Å²) in [5, 5.41) is 13.4. The molecule has 14 heteroatoms. The van der Waals surface area contributed by atoms with Gasteiger partial charge >= 0.3 is 12.1 Å². The number of aliphatic imine (C=N–C) groups is 3. The molecule has 0 aromatic rings. The molecule has 3 aliphatic rings. The van der Waals surface area contributed by atoms with E-state index in [0.717, 1.165) is 6.20 Å². The van der Waals surface area contributed by atoms with Gasteiger partial charge in [-0.1, -0.05) is 0 Å². The van der Waals surface area contributed by atoms with Crippen LogP contribution in [-0.4, -0.2) is 72.9 Å². The maximum absolute atomic E-state index is 15.5. The van der Waals surface area contributed by atoms with Gasteiger partial charge in [-0.2, -0.15) is 22.0 Å². The number of hydrogen-bond acceptors (Lipinski definition) is 6. The predicted molar refractivity (Wildman–Crippen MR) is 110 cm³/mol. The van der Waals surface area contributed by atoms with Crippen LogP contribution < -0.4 is 11.1 Å². The lowest BCUT2D eigenvalue weighted by atomic mass is 9.70. The minimum absolute atomic E-state index is 0.0704. The number of amidine groups is 1. The molecule has 0 saturated heterocycles. The van der Waals surface area contributed by atoms with Crippen LogP contribution in [0.15, 0.2) is 26.9 Å². The van der Waals surface area contributed by atoms with Crippen molar-refractivity contribution in [3.8, 4) is 0 Å². The standard InChI is InChI=1S/C20H26F7N5O2/c21-12-1-3-14(15(22)5-12)18(33,9-29-10-28)19(23,24)16-4-2-13(8-30-16)34-17-31-6-11(7-32-17)20(25,26)27/h8,10-12,14-15,33H,1-7,9H2,(H2,28,29)(H,31,32). The first-order valence-corrected chi connectivity index (χ1v) is 10.8. The summed E-state index contributed by atoms with van der Waals surface area (Å²) in [6, 6.07) is -0.186. The second-order valence-electron chi connectivity index (χ2n) is 8.56. The quantitative estimate of drug-likeness (QED) is 0.296. The molecule has 3 rings (SSSR count). The fourth-order valence-electron chi connectivity index (χ4n) is 4.27. The molecule has 0 aromatic heterocycles. The number of aliphatic hydroxyl groups is 1. The van der Waals surface area contributed by atoms with Crippen molar-refractivity contribution in [1.82, 2.24) is 5.32 Å². The van der Waals surface area contributed by atoms with Gasteiger partial charge in [0.15, 0.2) is 5.60 Å². The molecule has 1 saturated carbocycles. The fraction of sp³-hybridized carbons (Fsp3) is 0.750. The minimum atomic E-state index is -4.41. The van der Waals surface area contributed by atoms with Gasteiger partial charge in [0.1, 0.15) is 18.1 Å². The number of rotatable bonds is 6. The van der Waals surface area contributed by atoms with Crippen molar-refractivity contribution >= 4 is 18.1 Å². The Balaban J connectivity index is 1.76. The molecule has 192 valence electrons. The van der Waals surface area contributed by atoms with Crippen molar-refractivity contribution in [3.05, 3.63) is 12.0 Å². The second-order valence-corrected chi connectivity index (χ2v) is 8.56. The molecule has 34 heavy (non-hydrogen) atoms. The summed E-state index contributed by atoms with van der Waals surface area (Å²) in [5.41, 5.74) is 1.40. The number of nitrogens with zero attached hydrogens (tertiary/aromatic N) is 3. The number of nitrogens with one attached hydrogen (secondary N) is 1. The van der Waals surface area contributed by atoms with Gasteiger partial charge in [0.2, 0.25) is 0 Å². The summed E-state index contributed by atoms with van der Waals surface area (Å²) in [5.74, 6) is -7.21. The highest BCUT2D eigenvalue weighted by molar-refractivity contribution is 5.94. The van der Waals surface area contributed by atoms with Gasteiger partial charge < -0.3 is 20.9 Å². The Hall–Kier alpha value is -2.38. The summed E-state index contributed by atoms with van der Waals surface area (Å²) >= 11 is 0. The van der Waals surface area contributed by atoms with Crippen molar-refractivity contribution in [3.63, 3.8) is 0 Å². The molecular weight excluding hydrogens is 475 g/mol. The summed E-state index contributed by atoms with van der Waals surface area (Å²) in [6.07, 6.45) is -7.85. The first-order valence-electron chi connectivity index (χ1n) is 10.8. The monoisotopic (exact) mass is 501 g/mol.